The fraction of sp³-hybridized carbons (Fsp3) is 0.708. The Morgan fingerprint density at radius 3 is 2.48 bits per heavy atom. The number of nitrogens with zero attached hydrogens (tertiary/aromatic N) is 1. The van der Waals surface area contributed by atoms with Gasteiger partial charge in [0.2, 0.25) is 0 Å². The van der Waals surface area contributed by atoms with Crippen molar-refractivity contribution in [1.82, 2.24) is 4.90 Å². The Labute approximate surface area is 177 Å². The van der Waals surface area contributed by atoms with E-state index in [1.807, 2.05) is 31.2 Å². The molecule has 1 aliphatic rings. The Morgan fingerprint density at radius 2 is 1.72 bits per heavy atom. The normalized spacial score (nSPS) is 15.7. The van der Waals surface area contributed by atoms with Gasteiger partial charge in [0, 0.05) is 6.54 Å². The van der Waals surface area contributed by atoms with Crippen LogP contribution in [0.5, 0.6) is 5.75 Å². The maximum Gasteiger partial charge on any atom is 0.412 e. The van der Waals surface area contributed by atoms with Gasteiger partial charge in [0.15, 0.2) is 0 Å². The zero-order valence-electron chi connectivity index (χ0n) is 18.5. The monoisotopic (exact) mass is 404 g/mol. The van der Waals surface area contributed by atoms with E-state index in [-0.39, 0.29) is 6.10 Å². The van der Waals surface area contributed by atoms with E-state index in [2.05, 4.69) is 17.1 Å². The van der Waals surface area contributed by atoms with Gasteiger partial charge in [-0.2, -0.15) is 0 Å². The lowest BCUT2D eigenvalue weighted by molar-refractivity contribution is 0.0832. The summed E-state index contributed by atoms with van der Waals surface area (Å²) in [7, 11) is 0. The second-order valence-electron chi connectivity index (χ2n) is 8.17. The van der Waals surface area contributed by atoms with Gasteiger partial charge in [-0.3, -0.25) is 10.2 Å². The summed E-state index contributed by atoms with van der Waals surface area (Å²) < 4.78 is 11.5. The number of piperidine rings is 1. The van der Waals surface area contributed by atoms with Crippen molar-refractivity contribution in [3.8, 4) is 5.75 Å². The molecule has 164 valence electrons. The number of amides is 1. The van der Waals surface area contributed by atoms with Crippen molar-refractivity contribution in [2.45, 2.75) is 84.2 Å². The quantitative estimate of drug-likeness (QED) is 0.395. The first-order chi connectivity index (χ1) is 14.2. The molecule has 0 saturated carbocycles. The van der Waals surface area contributed by atoms with Crippen molar-refractivity contribution in [2.24, 2.45) is 0 Å². The standard InChI is InChI=1S/C24H40N2O3/c1-3-4-5-6-7-8-14-19-28-23-16-11-10-15-22(23)25-24(27)29-21(2)20-26-17-12-9-13-18-26/h10-11,15-16,21H,3-9,12-14,17-20H2,1-2H3,(H,25,27)/t21-/m0/s1. The predicted octanol–water partition coefficient (Wildman–Crippen LogP) is 6.24. The number of anilines is 1. The average molecular weight is 405 g/mol. The van der Waals surface area contributed by atoms with E-state index >= 15 is 0 Å². The lowest BCUT2D eigenvalue weighted by Gasteiger charge is -2.28. The second-order valence-corrected chi connectivity index (χ2v) is 8.17. The highest BCUT2D eigenvalue weighted by Gasteiger charge is 2.17. The highest BCUT2D eigenvalue weighted by atomic mass is 16.6. The molecule has 1 aromatic carbocycles. The number of para-hydroxylation sites is 2. The fourth-order valence-electron chi connectivity index (χ4n) is 3.80. The van der Waals surface area contributed by atoms with Crippen molar-refractivity contribution in [3.05, 3.63) is 24.3 Å². The number of likely N-dealkylation sites (tertiary alicyclic amines) is 1. The Kier molecular flexibility index (Phi) is 11.6. The first-order valence-electron chi connectivity index (χ1n) is 11.6. The number of hydrogen-bond donors (Lipinski definition) is 1. The number of benzene rings is 1. The first-order valence-corrected chi connectivity index (χ1v) is 11.6. The van der Waals surface area contributed by atoms with E-state index in [0.717, 1.165) is 26.1 Å². The van der Waals surface area contributed by atoms with E-state index < -0.39 is 6.09 Å². The number of ether oxygens (including phenoxy) is 2. The van der Waals surface area contributed by atoms with Crippen LogP contribution in [0.2, 0.25) is 0 Å². The minimum Gasteiger partial charge on any atom is -0.491 e. The van der Waals surface area contributed by atoms with Gasteiger partial charge in [-0.25, -0.2) is 4.79 Å². The molecule has 0 radical (unpaired) electrons. The molecule has 1 aromatic rings. The van der Waals surface area contributed by atoms with Crippen molar-refractivity contribution in [1.29, 1.82) is 0 Å². The molecule has 1 N–H and O–H groups in total. The molecular weight excluding hydrogens is 364 g/mol. The van der Waals surface area contributed by atoms with Crippen LogP contribution in [-0.2, 0) is 4.74 Å². The van der Waals surface area contributed by atoms with E-state index in [4.69, 9.17) is 9.47 Å². The van der Waals surface area contributed by atoms with E-state index in [0.29, 0.717) is 18.0 Å². The SMILES string of the molecule is CCCCCCCCCOc1ccccc1NC(=O)O[C@@H](C)CN1CCCCC1. The van der Waals surface area contributed by atoms with Gasteiger partial charge in [0.25, 0.3) is 0 Å². The molecule has 5 nitrogen and oxygen atoms in total. The number of carbonyl (C=O) groups excluding carboxylic acids is 1. The van der Waals surface area contributed by atoms with Gasteiger partial charge >= 0.3 is 6.09 Å². The third kappa shape index (κ3) is 10.0. The highest BCUT2D eigenvalue weighted by Crippen LogP contribution is 2.24. The Morgan fingerprint density at radius 1 is 1.03 bits per heavy atom. The van der Waals surface area contributed by atoms with Crippen LogP contribution in [0.1, 0.15) is 78.1 Å². The molecule has 0 bridgehead atoms. The third-order valence-corrected chi connectivity index (χ3v) is 5.40. The zero-order valence-corrected chi connectivity index (χ0v) is 18.5. The summed E-state index contributed by atoms with van der Waals surface area (Å²) in [5.74, 6) is 0.708. The van der Waals surface area contributed by atoms with Crippen molar-refractivity contribution in [3.63, 3.8) is 0 Å². The van der Waals surface area contributed by atoms with Crippen molar-refractivity contribution >= 4 is 11.8 Å². The molecule has 0 aromatic heterocycles. The van der Waals surface area contributed by atoms with Gasteiger partial charge in [-0.15, -0.1) is 0 Å². The number of unbranched alkanes of at least 4 members (excludes halogenated alkanes) is 6. The van der Waals surface area contributed by atoms with Crippen LogP contribution in [0.25, 0.3) is 0 Å². The molecule has 2 rings (SSSR count). The molecule has 1 aliphatic heterocycles. The molecule has 1 heterocycles. The maximum atomic E-state index is 12.3. The van der Waals surface area contributed by atoms with E-state index in [1.54, 1.807) is 0 Å². The predicted molar refractivity (Wildman–Crippen MR) is 120 cm³/mol. The number of hydrogen-bond acceptors (Lipinski definition) is 4. The Bertz CT molecular complexity index is 573. The van der Waals surface area contributed by atoms with Crippen molar-refractivity contribution in [2.75, 3.05) is 31.6 Å². The second kappa shape index (κ2) is 14.3. The zero-order chi connectivity index (χ0) is 20.7. The van der Waals surface area contributed by atoms with Crippen LogP contribution in [0, 0.1) is 0 Å². The first kappa shape index (κ1) is 23.5. The topological polar surface area (TPSA) is 50.8 Å². The minimum absolute atomic E-state index is 0.131. The van der Waals surface area contributed by atoms with Crippen LogP contribution >= 0.6 is 0 Å². The Balaban J connectivity index is 1.68. The summed E-state index contributed by atoms with van der Waals surface area (Å²) in [5, 5.41) is 2.85. The molecule has 0 unspecified atom stereocenters. The minimum atomic E-state index is -0.415. The van der Waals surface area contributed by atoms with Crippen LogP contribution in [-0.4, -0.2) is 43.3 Å². The smallest absolute Gasteiger partial charge is 0.412 e. The summed E-state index contributed by atoms with van der Waals surface area (Å²) in [4.78, 5) is 14.7. The van der Waals surface area contributed by atoms with E-state index in [9.17, 15) is 4.79 Å². The summed E-state index contributed by atoms with van der Waals surface area (Å²) in [6, 6.07) is 7.58. The molecule has 1 fully saturated rings. The van der Waals surface area contributed by atoms with Gasteiger partial charge in [0.05, 0.1) is 12.3 Å². The van der Waals surface area contributed by atoms with E-state index in [1.165, 1.54) is 57.8 Å². The third-order valence-electron chi connectivity index (χ3n) is 5.40. The van der Waals surface area contributed by atoms with Gasteiger partial charge in [-0.1, -0.05) is 64.0 Å². The van der Waals surface area contributed by atoms with Crippen molar-refractivity contribution < 1.29 is 14.3 Å². The summed E-state index contributed by atoms with van der Waals surface area (Å²) in [6.45, 7) is 7.87. The number of carbonyl (C=O) groups is 1. The summed E-state index contributed by atoms with van der Waals surface area (Å²) >= 11 is 0. The largest absolute Gasteiger partial charge is 0.491 e. The molecule has 5 heteroatoms. The lowest BCUT2D eigenvalue weighted by Crippen LogP contribution is -2.37. The molecular formula is C24H40N2O3. The maximum absolute atomic E-state index is 12.3. The molecule has 0 aliphatic carbocycles. The Hall–Kier alpha value is -1.75. The van der Waals surface area contributed by atoms with Crippen LogP contribution in [0.4, 0.5) is 10.5 Å². The number of nitrogens with one attached hydrogen (secondary N) is 1. The summed E-state index contributed by atoms with van der Waals surface area (Å²) in [6.07, 6.45) is 12.0. The van der Waals surface area contributed by atoms with Crippen LogP contribution < -0.4 is 10.1 Å². The molecule has 1 saturated heterocycles. The van der Waals surface area contributed by atoms with Crippen LogP contribution in [0.3, 0.4) is 0 Å². The van der Waals surface area contributed by atoms with Gasteiger partial charge < -0.3 is 9.47 Å². The average Bonchev–Trinajstić information content (AvgIpc) is 2.71. The highest BCUT2D eigenvalue weighted by molar-refractivity contribution is 5.86. The molecule has 29 heavy (non-hydrogen) atoms. The van der Waals surface area contributed by atoms with Crippen LogP contribution in [0.15, 0.2) is 24.3 Å². The molecule has 0 spiro atoms. The van der Waals surface area contributed by atoms with Gasteiger partial charge in [-0.05, 0) is 51.4 Å². The summed E-state index contributed by atoms with van der Waals surface area (Å²) in [5.41, 5.74) is 0.672. The van der Waals surface area contributed by atoms with Gasteiger partial charge in [0.1, 0.15) is 11.9 Å². The fourth-order valence-corrected chi connectivity index (χ4v) is 3.80. The lowest BCUT2D eigenvalue weighted by atomic mass is 10.1. The molecule has 1 atom stereocenters. The molecule has 1 amide bonds. The number of rotatable bonds is 13.